The first kappa shape index (κ1) is 15.1. The fraction of sp³-hybridized carbons (Fsp3) is 0.417. The molecule has 4 nitrogen and oxygen atoms in total. The minimum Gasteiger partial charge on any atom is -0.467 e. The molecule has 18 heavy (non-hydrogen) atoms. The van der Waals surface area contributed by atoms with E-state index in [-0.39, 0.29) is 18.9 Å². The van der Waals surface area contributed by atoms with E-state index in [0.717, 1.165) is 4.47 Å². The predicted molar refractivity (Wildman–Crippen MR) is 68.4 cm³/mol. The van der Waals surface area contributed by atoms with Crippen LogP contribution in [0.25, 0.3) is 0 Å². The van der Waals surface area contributed by atoms with Crippen LogP contribution in [0.1, 0.15) is 12.5 Å². The molecule has 0 saturated carbocycles. The monoisotopic (exact) mass is 319 g/mol. The van der Waals surface area contributed by atoms with Gasteiger partial charge < -0.3 is 15.2 Å². The Morgan fingerprint density at radius 3 is 2.89 bits per heavy atom. The summed E-state index contributed by atoms with van der Waals surface area (Å²) in [7, 11) is 1.20. The molecule has 0 aliphatic carbocycles. The zero-order valence-corrected chi connectivity index (χ0v) is 11.8. The molecule has 0 saturated heterocycles. The number of halogens is 2. The van der Waals surface area contributed by atoms with Crippen LogP contribution in [0.4, 0.5) is 4.39 Å². The van der Waals surface area contributed by atoms with Gasteiger partial charge in [-0.3, -0.25) is 0 Å². The van der Waals surface area contributed by atoms with Crippen molar-refractivity contribution in [1.82, 2.24) is 5.32 Å². The average molecular weight is 320 g/mol. The summed E-state index contributed by atoms with van der Waals surface area (Å²) in [5, 5.41) is 12.6. The molecule has 0 aliphatic heterocycles. The summed E-state index contributed by atoms with van der Waals surface area (Å²) in [6.45, 7) is 1.52. The first-order valence-corrected chi connectivity index (χ1v) is 6.11. The Kier molecular flexibility index (Phi) is 5.25. The van der Waals surface area contributed by atoms with E-state index in [0.29, 0.717) is 5.56 Å². The second kappa shape index (κ2) is 6.26. The molecule has 1 aromatic rings. The van der Waals surface area contributed by atoms with Gasteiger partial charge in [0.2, 0.25) is 0 Å². The molecular weight excluding hydrogens is 305 g/mol. The third-order valence-corrected chi connectivity index (χ3v) is 2.91. The first-order chi connectivity index (χ1) is 8.36. The van der Waals surface area contributed by atoms with E-state index in [1.807, 2.05) is 0 Å². The van der Waals surface area contributed by atoms with Crippen molar-refractivity contribution in [3.8, 4) is 0 Å². The largest absolute Gasteiger partial charge is 0.467 e. The minimum absolute atomic E-state index is 0.0222. The van der Waals surface area contributed by atoms with Crippen LogP contribution in [0.3, 0.4) is 0 Å². The van der Waals surface area contributed by atoms with Crippen molar-refractivity contribution < 1.29 is 19.0 Å². The molecule has 1 unspecified atom stereocenters. The number of carbonyl (C=O) groups excluding carboxylic acids is 1. The molecule has 0 aromatic heterocycles. The van der Waals surface area contributed by atoms with Crippen LogP contribution in [-0.4, -0.2) is 30.3 Å². The smallest absolute Gasteiger partial charge is 0.338 e. The summed E-state index contributed by atoms with van der Waals surface area (Å²) < 4.78 is 18.6. The van der Waals surface area contributed by atoms with Crippen molar-refractivity contribution >= 4 is 21.9 Å². The van der Waals surface area contributed by atoms with Crippen molar-refractivity contribution in [2.45, 2.75) is 19.1 Å². The molecule has 0 heterocycles. The maximum atomic E-state index is 13.4. The summed E-state index contributed by atoms with van der Waals surface area (Å²) >= 11 is 3.24. The van der Waals surface area contributed by atoms with Gasteiger partial charge in [0.05, 0.1) is 7.11 Å². The lowest BCUT2D eigenvalue weighted by molar-refractivity contribution is -0.159. The zero-order chi connectivity index (χ0) is 13.8. The van der Waals surface area contributed by atoms with Crippen LogP contribution >= 0.6 is 15.9 Å². The van der Waals surface area contributed by atoms with E-state index < -0.39 is 11.6 Å². The van der Waals surface area contributed by atoms with Crippen molar-refractivity contribution in [2.75, 3.05) is 13.7 Å². The summed E-state index contributed by atoms with van der Waals surface area (Å²) in [6.07, 6.45) is 0. The quantitative estimate of drug-likeness (QED) is 0.809. The molecule has 0 bridgehead atoms. The van der Waals surface area contributed by atoms with E-state index in [1.54, 1.807) is 12.1 Å². The Labute approximate surface area is 113 Å². The maximum Gasteiger partial charge on any atom is 0.338 e. The molecule has 1 rings (SSSR count). The standard InChI is InChI=1S/C12H15BrFNO3/c1-12(17,11(16)18-2)7-15-6-8-5-9(13)3-4-10(8)14/h3-5,15,17H,6-7H2,1-2H3. The van der Waals surface area contributed by atoms with E-state index in [1.165, 1.54) is 20.1 Å². The average Bonchev–Trinajstić information content (AvgIpc) is 2.32. The highest BCUT2D eigenvalue weighted by molar-refractivity contribution is 9.10. The molecule has 0 radical (unpaired) electrons. The van der Waals surface area contributed by atoms with Gasteiger partial charge in [0.1, 0.15) is 5.82 Å². The van der Waals surface area contributed by atoms with Gasteiger partial charge in [0.15, 0.2) is 5.60 Å². The highest BCUT2D eigenvalue weighted by atomic mass is 79.9. The fourth-order valence-corrected chi connectivity index (χ4v) is 1.82. The predicted octanol–water partition coefficient (Wildman–Crippen LogP) is 1.60. The molecule has 6 heteroatoms. The SMILES string of the molecule is COC(=O)C(C)(O)CNCc1cc(Br)ccc1F. The molecular formula is C12H15BrFNO3. The topological polar surface area (TPSA) is 58.6 Å². The number of hydrogen-bond acceptors (Lipinski definition) is 4. The van der Waals surface area contributed by atoms with Crippen LogP contribution in [0.15, 0.2) is 22.7 Å². The minimum atomic E-state index is -1.63. The van der Waals surface area contributed by atoms with Gasteiger partial charge in [-0.25, -0.2) is 9.18 Å². The van der Waals surface area contributed by atoms with Crippen LogP contribution in [0.5, 0.6) is 0 Å². The zero-order valence-electron chi connectivity index (χ0n) is 10.2. The number of nitrogens with one attached hydrogen (secondary N) is 1. The van der Waals surface area contributed by atoms with Crippen LogP contribution in [-0.2, 0) is 16.1 Å². The van der Waals surface area contributed by atoms with E-state index in [4.69, 9.17) is 0 Å². The second-order valence-electron chi connectivity index (χ2n) is 4.10. The lowest BCUT2D eigenvalue weighted by Gasteiger charge is -2.20. The van der Waals surface area contributed by atoms with Gasteiger partial charge in [-0.05, 0) is 25.1 Å². The van der Waals surface area contributed by atoms with E-state index in [9.17, 15) is 14.3 Å². The molecule has 100 valence electrons. The molecule has 0 aliphatic rings. The van der Waals surface area contributed by atoms with Crippen molar-refractivity contribution in [3.05, 3.63) is 34.1 Å². The highest BCUT2D eigenvalue weighted by Crippen LogP contribution is 2.15. The Bertz CT molecular complexity index is 437. The van der Waals surface area contributed by atoms with Crippen LogP contribution in [0.2, 0.25) is 0 Å². The molecule has 0 fully saturated rings. The number of esters is 1. The molecule has 2 N–H and O–H groups in total. The molecule has 0 amide bonds. The summed E-state index contributed by atoms with van der Waals surface area (Å²) in [4.78, 5) is 11.2. The molecule has 1 atom stereocenters. The molecule has 0 spiro atoms. The van der Waals surface area contributed by atoms with Gasteiger partial charge in [0.25, 0.3) is 0 Å². The third kappa shape index (κ3) is 4.04. The fourth-order valence-electron chi connectivity index (χ4n) is 1.41. The van der Waals surface area contributed by atoms with E-state index >= 15 is 0 Å². The van der Waals surface area contributed by atoms with Gasteiger partial charge in [-0.15, -0.1) is 0 Å². The van der Waals surface area contributed by atoms with E-state index in [2.05, 4.69) is 26.0 Å². The van der Waals surface area contributed by atoms with Gasteiger partial charge in [0, 0.05) is 23.1 Å². The summed E-state index contributed by atoms with van der Waals surface area (Å²) in [6, 6.07) is 4.58. The van der Waals surface area contributed by atoms with Crippen molar-refractivity contribution in [1.29, 1.82) is 0 Å². The number of ether oxygens (including phenoxy) is 1. The lowest BCUT2D eigenvalue weighted by atomic mass is 10.1. The van der Waals surface area contributed by atoms with Gasteiger partial charge >= 0.3 is 5.97 Å². The van der Waals surface area contributed by atoms with Crippen molar-refractivity contribution in [3.63, 3.8) is 0 Å². The highest BCUT2D eigenvalue weighted by Gasteiger charge is 2.30. The number of hydrogen-bond donors (Lipinski definition) is 2. The van der Waals surface area contributed by atoms with Crippen LogP contribution < -0.4 is 5.32 Å². The summed E-state index contributed by atoms with van der Waals surface area (Å²) in [5.74, 6) is -1.08. The first-order valence-electron chi connectivity index (χ1n) is 5.32. The van der Waals surface area contributed by atoms with Gasteiger partial charge in [-0.2, -0.15) is 0 Å². The normalized spacial score (nSPS) is 14.1. The van der Waals surface area contributed by atoms with Crippen molar-refractivity contribution in [2.24, 2.45) is 0 Å². The van der Waals surface area contributed by atoms with Gasteiger partial charge in [-0.1, -0.05) is 15.9 Å². The number of benzene rings is 1. The maximum absolute atomic E-state index is 13.4. The number of aliphatic hydroxyl groups is 1. The second-order valence-corrected chi connectivity index (χ2v) is 5.02. The van der Waals surface area contributed by atoms with Crippen LogP contribution in [0, 0.1) is 5.82 Å². The lowest BCUT2D eigenvalue weighted by Crippen LogP contribution is -2.45. The third-order valence-electron chi connectivity index (χ3n) is 2.42. The summed E-state index contributed by atoms with van der Waals surface area (Å²) in [5.41, 5.74) is -1.18. The molecule has 1 aromatic carbocycles. The number of methoxy groups -OCH3 is 1. The number of carbonyl (C=O) groups is 1. The Morgan fingerprint density at radius 1 is 1.61 bits per heavy atom. The Balaban J connectivity index is 2.56. The number of rotatable bonds is 5. The Hall–Kier alpha value is -0.980. The Morgan fingerprint density at radius 2 is 2.28 bits per heavy atom.